The molecule has 2 amide bonds. The fourth-order valence-corrected chi connectivity index (χ4v) is 5.60. The maximum atomic E-state index is 13.3. The molecule has 1 fully saturated rings. The molecule has 33 heavy (non-hydrogen) atoms. The molecule has 4 rings (SSSR count). The van der Waals surface area contributed by atoms with E-state index in [1.54, 1.807) is 0 Å². The van der Waals surface area contributed by atoms with E-state index in [0.717, 1.165) is 11.3 Å². The summed E-state index contributed by atoms with van der Waals surface area (Å²) >= 11 is 0. The van der Waals surface area contributed by atoms with E-state index in [0.29, 0.717) is 24.3 Å². The fourth-order valence-electron chi connectivity index (χ4n) is 3.91. The number of ether oxygens (including phenoxy) is 2. The van der Waals surface area contributed by atoms with E-state index in [2.05, 4.69) is 10.6 Å². The topological polar surface area (TPSA) is 114 Å². The van der Waals surface area contributed by atoms with Gasteiger partial charge in [0.2, 0.25) is 15.9 Å². The van der Waals surface area contributed by atoms with Gasteiger partial charge < -0.3 is 20.1 Å². The number of carbonyl (C=O) groups is 2. The first-order valence-corrected chi connectivity index (χ1v) is 12.3. The van der Waals surface area contributed by atoms with Gasteiger partial charge in [0.25, 0.3) is 5.91 Å². The van der Waals surface area contributed by atoms with Crippen LogP contribution >= 0.6 is 0 Å². The molecular formula is C23H27N3O6S. The molecule has 0 radical (unpaired) electrons. The largest absolute Gasteiger partial charge is 0.491 e. The molecule has 2 aromatic rings. The number of amides is 2. The average Bonchev–Trinajstić information content (AvgIpc) is 3.28. The Kier molecular flexibility index (Phi) is 6.57. The zero-order chi connectivity index (χ0) is 23.6. The Morgan fingerprint density at radius 2 is 2.00 bits per heavy atom. The maximum Gasteiger partial charge on any atom is 0.262 e. The van der Waals surface area contributed by atoms with Crippen molar-refractivity contribution in [1.82, 2.24) is 9.62 Å². The predicted molar refractivity (Wildman–Crippen MR) is 122 cm³/mol. The smallest absolute Gasteiger partial charge is 0.262 e. The van der Waals surface area contributed by atoms with Gasteiger partial charge in [0.05, 0.1) is 16.7 Å². The van der Waals surface area contributed by atoms with E-state index in [1.807, 2.05) is 38.1 Å². The highest BCUT2D eigenvalue weighted by atomic mass is 32.2. The van der Waals surface area contributed by atoms with Crippen molar-refractivity contribution in [1.29, 1.82) is 0 Å². The van der Waals surface area contributed by atoms with Crippen molar-refractivity contribution in [2.24, 2.45) is 0 Å². The van der Waals surface area contributed by atoms with Gasteiger partial charge in [-0.05, 0) is 62.6 Å². The Hall–Kier alpha value is -3.11. The number of sulfonamides is 1. The molecule has 2 aliphatic rings. The Bertz CT molecular complexity index is 1150. The van der Waals surface area contributed by atoms with Crippen LogP contribution in [0.4, 0.5) is 5.69 Å². The first kappa shape index (κ1) is 23.1. The van der Waals surface area contributed by atoms with Crippen molar-refractivity contribution in [3.05, 3.63) is 48.0 Å². The lowest BCUT2D eigenvalue weighted by atomic mass is 10.2. The molecule has 2 aliphatic heterocycles. The minimum absolute atomic E-state index is 0.00694. The van der Waals surface area contributed by atoms with Gasteiger partial charge in [-0.25, -0.2) is 8.42 Å². The molecule has 0 spiro atoms. The quantitative estimate of drug-likeness (QED) is 0.638. The molecule has 0 aliphatic carbocycles. The van der Waals surface area contributed by atoms with Crippen molar-refractivity contribution in [3.8, 4) is 11.5 Å². The lowest BCUT2D eigenvalue weighted by molar-refractivity contribution is -0.124. The van der Waals surface area contributed by atoms with Crippen molar-refractivity contribution >= 4 is 27.5 Å². The maximum absolute atomic E-state index is 13.3. The molecular weight excluding hydrogens is 446 g/mol. The van der Waals surface area contributed by atoms with E-state index in [9.17, 15) is 18.0 Å². The first-order valence-electron chi connectivity index (χ1n) is 10.9. The number of benzene rings is 2. The highest BCUT2D eigenvalue weighted by Gasteiger charge is 2.39. The van der Waals surface area contributed by atoms with E-state index in [4.69, 9.17) is 9.47 Å². The van der Waals surface area contributed by atoms with Crippen LogP contribution in [-0.4, -0.2) is 49.8 Å². The second kappa shape index (κ2) is 9.40. The van der Waals surface area contributed by atoms with Gasteiger partial charge in [0.1, 0.15) is 17.5 Å². The highest BCUT2D eigenvalue weighted by Crippen LogP contribution is 2.33. The van der Waals surface area contributed by atoms with E-state index < -0.39 is 16.1 Å². The number of fused-ring (bicyclic) bond motifs is 1. The van der Waals surface area contributed by atoms with Crippen LogP contribution in [0.1, 0.15) is 32.3 Å². The van der Waals surface area contributed by atoms with Gasteiger partial charge in [-0.1, -0.05) is 12.1 Å². The zero-order valence-electron chi connectivity index (χ0n) is 18.5. The van der Waals surface area contributed by atoms with E-state index >= 15 is 0 Å². The van der Waals surface area contributed by atoms with Crippen molar-refractivity contribution in [3.63, 3.8) is 0 Å². The standard InChI is InChI=1S/C23H27N3O6S/c1-15(2)32-17-7-5-16(6-8-17)13-24-23(28)20-4-3-11-26(20)33(29,30)18-9-10-21-19(12-18)25-22(27)14-31-21/h5-10,12,15,20H,3-4,11,13-14H2,1-2H3,(H,24,28)(H,25,27). The molecule has 1 saturated heterocycles. The number of nitrogens with zero attached hydrogens (tertiary/aromatic N) is 1. The molecule has 2 N–H and O–H groups in total. The summed E-state index contributed by atoms with van der Waals surface area (Å²) in [7, 11) is -3.93. The predicted octanol–water partition coefficient (Wildman–Crippen LogP) is 2.27. The monoisotopic (exact) mass is 473 g/mol. The van der Waals surface area contributed by atoms with Crippen LogP contribution in [0.2, 0.25) is 0 Å². The Morgan fingerprint density at radius 1 is 1.24 bits per heavy atom. The van der Waals surface area contributed by atoms with Gasteiger partial charge in [-0.15, -0.1) is 0 Å². The number of hydrogen-bond donors (Lipinski definition) is 2. The average molecular weight is 474 g/mol. The first-order chi connectivity index (χ1) is 15.7. The summed E-state index contributed by atoms with van der Waals surface area (Å²) in [6.07, 6.45) is 1.10. The Balaban J connectivity index is 1.44. The molecule has 2 heterocycles. The minimum Gasteiger partial charge on any atom is -0.491 e. The molecule has 0 saturated carbocycles. The van der Waals surface area contributed by atoms with Crippen LogP contribution in [0, 0.1) is 0 Å². The molecule has 1 atom stereocenters. The zero-order valence-corrected chi connectivity index (χ0v) is 19.4. The number of carbonyl (C=O) groups excluding carboxylic acids is 2. The summed E-state index contributed by atoms with van der Waals surface area (Å²) in [5.41, 5.74) is 1.19. The van der Waals surface area contributed by atoms with Gasteiger partial charge in [-0.2, -0.15) is 4.31 Å². The number of rotatable bonds is 7. The van der Waals surface area contributed by atoms with Crippen molar-refractivity contribution in [2.75, 3.05) is 18.5 Å². The highest BCUT2D eigenvalue weighted by molar-refractivity contribution is 7.89. The summed E-state index contributed by atoms with van der Waals surface area (Å²) in [5, 5.41) is 5.46. The number of anilines is 1. The van der Waals surface area contributed by atoms with Gasteiger partial charge in [0.15, 0.2) is 6.61 Å². The van der Waals surface area contributed by atoms with Gasteiger partial charge in [-0.3, -0.25) is 9.59 Å². The second-order valence-electron chi connectivity index (χ2n) is 8.30. The molecule has 1 unspecified atom stereocenters. The molecule has 10 heteroatoms. The van der Waals surface area contributed by atoms with Crippen LogP contribution in [0.25, 0.3) is 0 Å². The Labute approximate surface area is 193 Å². The van der Waals surface area contributed by atoms with Gasteiger partial charge in [0, 0.05) is 13.1 Å². The summed E-state index contributed by atoms with van der Waals surface area (Å²) in [4.78, 5) is 24.5. The SMILES string of the molecule is CC(C)Oc1ccc(CNC(=O)C2CCCN2S(=O)(=O)c2ccc3c(c2)NC(=O)CO3)cc1. The fraction of sp³-hybridized carbons (Fsp3) is 0.391. The van der Waals surface area contributed by atoms with E-state index in [-0.39, 0.29) is 42.5 Å². The minimum atomic E-state index is -3.93. The molecule has 9 nitrogen and oxygen atoms in total. The van der Waals surface area contributed by atoms with Crippen LogP contribution < -0.4 is 20.1 Å². The second-order valence-corrected chi connectivity index (χ2v) is 10.2. The molecule has 2 aromatic carbocycles. The van der Waals surface area contributed by atoms with Crippen LogP contribution in [0.3, 0.4) is 0 Å². The summed E-state index contributed by atoms with van der Waals surface area (Å²) in [6, 6.07) is 10.9. The third-order valence-corrected chi connectivity index (χ3v) is 7.36. The molecule has 0 bridgehead atoms. The van der Waals surface area contributed by atoms with Crippen LogP contribution in [0.5, 0.6) is 11.5 Å². The normalized spacial score (nSPS) is 18.4. The van der Waals surface area contributed by atoms with E-state index in [1.165, 1.54) is 22.5 Å². The van der Waals surface area contributed by atoms with Crippen LogP contribution in [-0.2, 0) is 26.2 Å². The third kappa shape index (κ3) is 5.12. The van der Waals surface area contributed by atoms with Crippen LogP contribution in [0.15, 0.2) is 47.4 Å². The summed E-state index contributed by atoms with van der Waals surface area (Å²) < 4.78 is 38.7. The lowest BCUT2D eigenvalue weighted by Gasteiger charge is -2.24. The Morgan fingerprint density at radius 3 is 2.73 bits per heavy atom. The van der Waals surface area contributed by atoms with Gasteiger partial charge >= 0.3 is 0 Å². The summed E-state index contributed by atoms with van der Waals surface area (Å²) in [5.74, 6) is 0.473. The van der Waals surface area contributed by atoms with Crippen molar-refractivity contribution < 1.29 is 27.5 Å². The molecule has 176 valence electrons. The lowest BCUT2D eigenvalue weighted by Crippen LogP contribution is -2.45. The third-order valence-electron chi connectivity index (χ3n) is 5.46. The number of hydrogen-bond acceptors (Lipinski definition) is 6. The number of nitrogens with one attached hydrogen (secondary N) is 2. The van der Waals surface area contributed by atoms with Crippen molar-refractivity contribution in [2.45, 2.75) is 50.3 Å². The molecule has 0 aromatic heterocycles. The summed E-state index contributed by atoms with van der Waals surface area (Å²) in [6.45, 7) is 4.32.